The number of aromatic nitrogens is 4. The van der Waals surface area contributed by atoms with Crippen LogP contribution in [0.4, 0.5) is 0 Å². The quantitative estimate of drug-likeness (QED) is 0.273. The van der Waals surface area contributed by atoms with Gasteiger partial charge in [0.25, 0.3) is 0 Å². The second-order valence-electron chi connectivity index (χ2n) is 7.79. The van der Waals surface area contributed by atoms with E-state index in [2.05, 4.69) is 26.6 Å². The zero-order valence-corrected chi connectivity index (χ0v) is 20.0. The summed E-state index contributed by atoms with van der Waals surface area (Å²) in [6, 6.07) is 19.5. The van der Waals surface area contributed by atoms with Gasteiger partial charge in [0.05, 0.1) is 24.3 Å². The zero-order valence-electron chi connectivity index (χ0n) is 19.2. The van der Waals surface area contributed by atoms with Crippen molar-refractivity contribution in [2.75, 3.05) is 18.9 Å². The number of para-hydroxylation sites is 1. The van der Waals surface area contributed by atoms with Crippen molar-refractivity contribution >= 4 is 28.6 Å². The first-order valence-electron chi connectivity index (χ1n) is 11.4. The van der Waals surface area contributed by atoms with Crippen LogP contribution in [0.5, 0.6) is 5.75 Å². The summed E-state index contributed by atoms with van der Waals surface area (Å²) in [6.45, 7) is 3.10. The number of hydrogen-bond donors (Lipinski definition) is 2. The summed E-state index contributed by atoms with van der Waals surface area (Å²) in [5.41, 5.74) is 3.14. The molecule has 0 atom stereocenters. The molecule has 0 radical (unpaired) electrons. The molecule has 35 heavy (non-hydrogen) atoms. The van der Waals surface area contributed by atoms with Crippen LogP contribution in [-0.4, -0.2) is 44.6 Å². The van der Waals surface area contributed by atoms with Crippen LogP contribution in [0.15, 0.2) is 82.7 Å². The normalized spacial score (nSPS) is 11.1. The predicted molar refractivity (Wildman–Crippen MR) is 136 cm³/mol. The standard InChI is InChI=1S/C26H25N5O3S/c1-2-33-20-11-9-19(10-12-20)31-25(23-8-5-15-34-23)29-30-26(31)35-17-24(32)27-14-13-18-16-28-22-7-4-3-6-21(18)22/h3-12,15-16,28H,2,13-14,17H2,1H3,(H,27,32). The summed E-state index contributed by atoms with van der Waals surface area (Å²) in [4.78, 5) is 15.8. The number of fused-ring (bicyclic) bond motifs is 1. The first-order chi connectivity index (χ1) is 17.2. The lowest BCUT2D eigenvalue weighted by atomic mass is 10.1. The molecule has 9 heteroatoms. The van der Waals surface area contributed by atoms with Crippen molar-refractivity contribution in [3.63, 3.8) is 0 Å². The Kier molecular flexibility index (Phi) is 6.85. The number of nitrogens with zero attached hydrogens (tertiary/aromatic N) is 3. The van der Waals surface area contributed by atoms with Gasteiger partial charge < -0.3 is 19.5 Å². The third kappa shape index (κ3) is 5.09. The maximum Gasteiger partial charge on any atom is 0.230 e. The van der Waals surface area contributed by atoms with Crippen LogP contribution in [-0.2, 0) is 11.2 Å². The van der Waals surface area contributed by atoms with Gasteiger partial charge in [-0.3, -0.25) is 9.36 Å². The van der Waals surface area contributed by atoms with Crippen molar-refractivity contribution in [3.8, 4) is 23.0 Å². The van der Waals surface area contributed by atoms with Gasteiger partial charge >= 0.3 is 0 Å². The van der Waals surface area contributed by atoms with E-state index in [-0.39, 0.29) is 11.7 Å². The van der Waals surface area contributed by atoms with E-state index in [9.17, 15) is 4.79 Å². The van der Waals surface area contributed by atoms with Crippen LogP contribution >= 0.6 is 11.8 Å². The highest BCUT2D eigenvalue weighted by Gasteiger charge is 2.19. The molecule has 5 rings (SSSR count). The highest BCUT2D eigenvalue weighted by molar-refractivity contribution is 7.99. The average Bonchev–Trinajstić information content (AvgIpc) is 3.63. The Labute approximate surface area is 206 Å². The summed E-state index contributed by atoms with van der Waals surface area (Å²) in [6.07, 6.45) is 4.35. The van der Waals surface area contributed by atoms with Crippen molar-refractivity contribution in [3.05, 3.63) is 78.7 Å². The van der Waals surface area contributed by atoms with E-state index in [1.54, 1.807) is 12.3 Å². The fourth-order valence-electron chi connectivity index (χ4n) is 3.88. The highest BCUT2D eigenvalue weighted by atomic mass is 32.2. The Morgan fingerprint density at radius 1 is 1.11 bits per heavy atom. The molecular weight excluding hydrogens is 462 g/mol. The average molecular weight is 488 g/mol. The minimum absolute atomic E-state index is 0.0596. The minimum Gasteiger partial charge on any atom is -0.494 e. The lowest BCUT2D eigenvalue weighted by Gasteiger charge is -2.10. The highest BCUT2D eigenvalue weighted by Crippen LogP contribution is 2.29. The van der Waals surface area contributed by atoms with E-state index >= 15 is 0 Å². The first-order valence-corrected chi connectivity index (χ1v) is 12.4. The third-order valence-electron chi connectivity index (χ3n) is 5.50. The SMILES string of the molecule is CCOc1ccc(-n2c(SCC(=O)NCCc3c[nH]c4ccccc34)nnc2-c2ccco2)cc1. The van der Waals surface area contributed by atoms with E-state index in [0.717, 1.165) is 23.4 Å². The summed E-state index contributed by atoms with van der Waals surface area (Å²) in [5, 5.41) is 13.5. The Hall–Kier alpha value is -3.98. The molecule has 2 aromatic carbocycles. The lowest BCUT2D eigenvalue weighted by molar-refractivity contribution is -0.118. The Balaban J connectivity index is 1.26. The van der Waals surface area contributed by atoms with Gasteiger partial charge in [0, 0.05) is 23.6 Å². The van der Waals surface area contributed by atoms with Gasteiger partial charge in [-0.2, -0.15) is 0 Å². The smallest absolute Gasteiger partial charge is 0.230 e. The van der Waals surface area contributed by atoms with E-state index in [1.165, 1.54) is 22.7 Å². The molecule has 0 saturated heterocycles. The number of amides is 1. The van der Waals surface area contributed by atoms with E-state index < -0.39 is 0 Å². The predicted octanol–water partition coefficient (Wildman–Crippen LogP) is 4.86. The summed E-state index contributed by atoms with van der Waals surface area (Å²) in [7, 11) is 0. The molecule has 3 aromatic heterocycles. The molecule has 0 fully saturated rings. The number of nitrogens with one attached hydrogen (secondary N) is 2. The molecule has 0 aliphatic heterocycles. The zero-order chi connectivity index (χ0) is 24.0. The second-order valence-corrected chi connectivity index (χ2v) is 8.74. The number of H-pyrrole nitrogens is 1. The van der Waals surface area contributed by atoms with Gasteiger partial charge in [-0.05, 0) is 61.4 Å². The van der Waals surface area contributed by atoms with Gasteiger partial charge in [-0.15, -0.1) is 10.2 Å². The molecule has 178 valence electrons. The number of furan rings is 1. The van der Waals surface area contributed by atoms with Gasteiger partial charge in [-0.1, -0.05) is 30.0 Å². The van der Waals surface area contributed by atoms with Crippen LogP contribution in [0.2, 0.25) is 0 Å². The Morgan fingerprint density at radius 3 is 2.77 bits per heavy atom. The lowest BCUT2D eigenvalue weighted by Crippen LogP contribution is -2.27. The van der Waals surface area contributed by atoms with Crippen molar-refractivity contribution < 1.29 is 13.9 Å². The summed E-state index contributed by atoms with van der Waals surface area (Å²) < 4.78 is 13.0. The molecule has 0 bridgehead atoms. The molecule has 1 amide bonds. The summed E-state index contributed by atoms with van der Waals surface area (Å²) >= 11 is 1.33. The largest absolute Gasteiger partial charge is 0.494 e. The van der Waals surface area contributed by atoms with Crippen LogP contribution in [0.25, 0.3) is 28.2 Å². The third-order valence-corrected chi connectivity index (χ3v) is 6.43. The van der Waals surface area contributed by atoms with Gasteiger partial charge in [0.15, 0.2) is 10.9 Å². The molecule has 0 unspecified atom stereocenters. The van der Waals surface area contributed by atoms with Crippen LogP contribution in [0.1, 0.15) is 12.5 Å². The van der Waals surface area contributed by atoms with Crippen molar-refractivity contribution in [1.29, 1.82) is 0 Å². The number of thioether (sulfide) groups is 1. The number of benzene rings is 2. The molecule has 2 N–H and O–H groups in total. The van der Waals surface area contributed by atoms with Crippen LogP contribution < -0.4 is 10.1 Å². The number of hydrogen-bond acceptors (Lipinski definition) is 6. The molecule has 0 spiro atoms. The minimum atomic E-state index is -0.0596. The number of aromatic amines is 1. The van der Waals surface area contributed by atoms with Crippen molar-refractivity contribution in [2.24, 2.45) is 0 Å². The monoisotopic (exact) mass is 487 g/mol. The van der Waals surface area contributed by atoms with E-state index in [4.69, 9.17) is 9.15 Å². The van der Waals surface area contributed by atoms with E-state index in [0.29, 0.717) is 29.9 Å². The van der Waals surface area contributed by atoms with Crippen LogP contribution in [0.3, 0.4) is 0 Å². The number of rotatable bonds is 10. The van der Waals surface area contributed by atoms with Gasteiger partial charge in [-0.25, -0.2) is 0 Å². The Bertz CT molecular complexity index is 1410. The fraction of sp³-hybridized carbons (Fsp3) is 0.192. The molecule has 5 aromatic rings. The summed E-state index contributed by atoms with van der Waals surface area (Å²) in [5.74, 6) is 2.12. The fourth-order valence-corrected chi connectivity index (χ4v) is 4.66. The van der Waals surface area contributed by atoms with Gasteiger partial charge in [0.2, 0.25) is 11.7 Å². The van der Waals surface area contributed by atoms with Gasteiger partial charge in [0.1, 0.15) is 5.75 Å². The Morgan fingerprint density at radius 2 is 1.97 bits per heavy atom. The topological polar surface area (TPSA) is 98.0 Å². The maximum atomic E-state index is 12.6. The van der Waals surface area contributed by atoms with E-state index in [1.807, 2.05) is 66.2 Å². The molecule has 0 aliphatic carbocycles. The number of carbonyl (C=O) groups is 1. The molecule has 0 saturated carbocycles. The van der Waals surface area contributed by atoms with Crippen LogP contribution in [0, 0.1) is 0 Å². The second kappa shape index (κ2) is 10.5. The van der Waals surface area contributed by atoms with Crippen molar-refractivity contribution in [1.82, 2.24) is 25.1 Å². The van der Waals surface area contributed by atoms with Crippen molar-refractivity contribution in [2.45, 2.75) is 18.5 Å². The maximum absolute atomic E-state index is 12.6. The number of ether oxygens (including phenoxy) is 1. The molecule has 3 heterocycles. The first kappa shape index (κ1) is 22.8. The molecular formula is C26H25N5O3S. The molecule has 8 nitrogen and oxygen atoms in total. The number of carbonyl (C=O) groups excluding carboxylic acids is 1. The molecule has 0 aliphatic rings.